The SMILES string of the molecule is Cc1ccc2cccc(OCc3c(Cl)ccc(N(CC(=O)Nc4ccccc4)C(N)=O)c3Cl)c2n1. The van der Waals surface area contributed by atoms with Crippen molar-refractivity contribution in [2.45, 2.75) is 13.5 Å². The van der Waals surface area contributed by atoms with Crippen LogP contribution in [0.2, 0.25) is 10.0 Å². The lowest BCUT2D eigenvalue weighted by Gasteiger charge is -2.23. The van der Waals surface area contributed by atoms with Crippen LogP contribution in [0.4, 0.5) is 16.2 Å². The molecule has 3 N–H and O–H groups in total. The van der Waals surface area contributed by atoms with Crippen molar-refractivity contribution in [1.29, 1.82) is 0 Å². The van der Waals surface area contributed by atoms with Crippen LogP contribution in [0, 0.1) is 6.92 Å². The zero-order valence-electron chi connectivity index (χ0n) is 18.8. The van der Waals surface area contributed by atoms with Crippen LogP contribution >= 0.6 is 23.2 Å². The van der Waals surface area contributed by atoms with Gasteiger partial charge in [-0.3, -0.25) is 9.69 Å². The monoisotopic (exact) mass is 508 g/mol. The van der Waals surface area contributed by atoms with Gasteiger partial charge in [0.2, 0.25) is 5.91 Å². The Morgan fingerprint density at radius 2 is 1.77 bits per heavy atom. The van der Waals surface area contributed by atoms with Crippen LogP contribution in [0.5, 0.6) is 5.75 Å². The van der Waals surface area contributed by atoms with Gasteiger partial charge < -0.3 is 15.8 Å². The van der Waals surface area contributed by atoms with Gasteiger partial charge in [0.15, 0.2) is 0 Å². The van der Waals surface area contributed by atoms with Crippen molar-refractivity contribution in [3.63, 3.8) is 0 Å². The van der Waals surface area contributed by atoms with Crippen LogP contribution in [0.3, 0.4) is 0 Å². The number of nitrogens with two attached hydrogens (primary N) is 1. The zero-order chi connectivity index (χ0) is 24.9. The summed E-state index contributed by atoms with van der Waals surface area (Å²) in [7, 11) is 0. The van der Waals surface area contributed by atoms with Crippen LogP contribution in [-0.4, -0.2) is 23.5 Å². The second kappa shape index (κ2) is 10.6. The first kappa shape index (κ1) is 24.3. The van der Waals surface area contributed by atoms with E-state index in [9.17, 15) is 9.59 Å². The van der Waals surface area contributed by atoms with Crippen LogP contribution < -0.4 is 20.7 Å². The first-order chi connectivity index (χ1) is 16.8. The molecule has 0 fully saturated rings. The molecule has 3 amide bonds. The maximum absolute atomic E-state index is 12.6. The molecule has 0 aliphatic heterocycles. The van der Waals surface area contributed by atoms with E-state index in [0.717, 1.165) is 16.0 Å². The molecule has 0 radical (unpaired) electrons. The van der Waals surface area contributed by atoms with Gasteiger partial charge >= 0.3 is 6.03 Å². The van der Waals surface area contributed by atoms with Crippen molar-refractivity contribution in [3.8, 4) is 5.75 Å². The number of para-hydroxylation sites is 2. The highest BCUT2D eigenvalue weighted by molar-refractivity contribution is 6.38. The Bertz CT molecular complexity index is 1400. The van der Waals surface area contributed by atoms with E-state index in [1.807, 2.05) is 43.3 Å². The quantitative estimate of drug-likeness (QED) is 0.322. The molecule has 3 aromatic carbocycles. The number of hydrogen-bond donors (Lipinski definition) is 2. The van der Waals surface area contributed by atoms with Crippen molar-refractivity contribution in [2.24, 2.45) is 5.73 Å². The number of benzene rings is 3. The number of aryl methyl sites for hydroxylation is 1. The number of amides is 3. The highest BCUT2D eigenvalue weighted by Crippen LogP contribution is 2.35. The van der Waals surface area contributed by atoms with Gasteiger partial charge in [0, 0.05) is 27.4 Å². The van der Waals surface area contributed by atoms with E-state index in [1.165, 1.54) is 6.07 Å². The topological polar surface area (TPSA) is 97.5 Å². The molecular formula is C26H22Cl2N4O3. The van der Waals surface area contributed by atoms with E-state index in [1.54, 1.807) is 30.3 Å². The van der Waals surface area contributed by atoms with Crippen molar-refractivity contribution in [1.82, 2.24) is 4.98 Å². The highest BCUT2D eigenvalue weighted by atomic mass is 35.5. The maximum Gasteiger partial charge on any atom is 0.319 e. The van der Waals surface area contributed by atoms with Gasteiger partial charge in [0.25, 0.3) is 0 Å². The van der Waals surface area contributed by atoms with E-state index in [2.05, 4.69) is 10.3 Å². The standard InChI is InChI=1S/C26H22Cl2N4O3/c1-16-10-11-17-6-5-9-22(25(17)30-16)35-15-19-20(27)12-13-21(24(19)28)32(26(29)34)14-23(33)31-18-7-3-2-4-8-18/h2-13H,14-15H2,1H3,(H2,29,34)(H,31,33). The van der Waals surface area contributed by atoms with Crippen molar-refractivity contribution >= 4 is 57.4 Å². The lowest BCUT2D eigenvalue weighted by Crippen LogP contribution is -2.41. The number of nitrogens with zero attached hydrogens (tertiary/aromatic N) is 2. The predicted octanol–water partition coefficient (Wildman–Crippen LogP) is 5.95. The Morgan fingerprint density at radius 3 is 2.51 bits per heavy atom. The third kappa shape index (κ3) is 5.65. The lowest BCUT2D eigenvalue weighted by atomic mass is 10.1. The fourth-order valence-corrected chi connectivity index (χ4v) is 4.14. The van der Waals surface area contributed by atoms with Gasteiger partial charge in [-0.1, -0.05) is 59.6 Å². The first-order valence-corrected chi connectivity index (χ1v) is 11.5. The van der Waals surface area contributed by atoms with Gasteiger partial charge in [0.05, 0.1) is 10.7 Å². The fraction of sp³-hybridized carbons (Fsp3) is 0.115. The molecule has 7 nitrogen and oxygen atoms in total. The Morgan fingerprint density at radius 1 is 1.00 bits per heavy atom. The lowest BCUT2D eigenvalue weighted by molar-refractivity contribution is -0.114. The second-order valence-corrected chi connectivity index (χ2v) is 8.55. The molecular weight excluding hydrogens is 487 g/mol. The number of anilines is 2. The van der Waals surface area contributed by atoms with Gasteiger partial charge in [-0.25, -0.2) is 9.78 Å². The van der Waals surface area contributed by atoms with E-state index < -0.39 is 11.9 Å². The number of carbonyl (C=O) groups is 2. The Labute approximate surface area is 212 Å². The minimum absolute atomic E-state index is 0.0169. The Hall–Kier alpha value is -3.81. The number of aromatic nitrogens is 1. The largest absolute Gasteiger partial charge is 0.487 e. The first-order valence-electron chi connectivity index (χ1n) is 10.7. The van der Waals surface area contributed by atoms with Crippen LogP contribution in [-0.2, 0) is 11.4 Å². The summed E-state index contributed by atoms with van der Waals surface area (Å²) >= 11 is 13.1. The molecule has 35 heavy (non-hydrogen) atoms. The third-order valence-electron chi connectivity index (χ3n) is 5.28. The molecule has 0 bridgehead atoms. The number of carbonyl (C=O) groups excluding carboxylic acids is 2. The summed E-state index contributed by atoms with van der Waals surface area (Å²) in [6.45, 7) is 1.58. The number of ether oxygens (including phenoxy) is 1. The van der Waals surface area contributed by atoms with E-state index >= 15 is 0 Å². The van der Waals surface area contributed by atoms with E-state index in [-0.39, 0.29) is 23.9 Å². The fourth-order valence-electron chi connectivity index (χ4n) is 3.56. The van der Waals surface area contributed by atoms with Crippen molar-refractivity contribution in [3.05, 3.63) is 94.1 Å². The number of pyridine rings is 1. The molecule has 1 heterocycles. The summed E-state index contributed by atoms with van der Waals surface area (Å²) < 4.78 is 6.03. The minimum atomic E-state index is -0.835. The summed E-state index contributed by atoms with van der Waals surface area (Å²) in [5.41, 5.74) is 8.45. The number of primary amides is 1. The molecule has 4 aromatic rings. The van der Waals surface area contributed by atoms with Crippen molar-refractivity contribution in [2.75, 3.05) is 16.8 Å². The van der Waals surface area contributed by atoms with Gasteiger partial charge in [-0.15, -0.1) is 0 Å². The smallest absolute Gasteiger partial charge is 0.319 e. The molecule has 0 spiro atoms. The molecule has 1 aromatic heterocycles. The average molecular weight is 509 g/mol. The van der Waals surface area contributed by atoms with Crippen LogP contribution in [0.15, 0.2) is 72.8 Å². The number of nitrogens with one attached hydrogen (secondary N) is 1. The number of rotatable bonds is 7. The molecule has 0 aliphatic carbocycles. The summed E-state index contributed by atoms with van der Waals surface area (Å²) in [4.78, 5) is 30.4. The molecule has 178 valence electrons. The summed E-state index contributed by atoms with van der Waals surface area (Å²) in [5, 5.41) is 4.16. The molecule has 4 rings (SSSR count). The second-order valence-electron chi connectivity index (χ2n) is 7.77. The predicted molar refractivity (Wildman–Crippen MR) is 139 cm³/mol. The number of hydrogen-bond acceptors (Lipinski definition) is 4. The minimum Gasteiger partial charge on any atom is -0.487 e. The third-order valence-corrected chi connectivity index (χ3v) is 6.05. The number of halogens is 2. The zero-order valence-corrected chi connectivity index (χ0v) is 20.3. The van der Waals surface area contributed by atoms with Crippen molar-refractivity contribution < 1.29 is 14.3 Å². The molecule has 0 saturated heterocycles. The molecule has 0 unspecified atom stereocenters. The van der Waals surface area contributed by atoms with E-state index in [4.69, 9.17) is 33.7 Å². The van der Waals surface area contributed by atoms with Gasteiger partial charge in [-0.05, 0) is 43.3 Å². The number of urea groups is 1. The molecule has 0 saturated carbocycles. The van der Waals surface area contributed by atoms with E-state index in [0.29, 0.717) is 27.5 Å². The molecule has 0 aliphatic rings. The molecule has 0 atom stereocenters. The van der Waals surface area contributed by atoms with Crippen LogP contribution in [0.1, 0.15) is 11.3 Å². The Balaban J connectivity index is 1.58. The molecule has 9 heteroatoms. The van der Waals surface area contributed by atoms with Gasteiger partial charge in [-0.2, -0.15) is 0 Å². The van der Waals surface area contributed by atoms with Crippen LogP contribution in [0.25, 0.3) is 10.9 Å². The summed E-state index contributed by atoms with van der Waals surface area (Å²) in [5.74, 6) is 0.133. The normalized spacial score (nSPS) is 10.7. The average Bonchev–Trinajstić information content (AvgIpc) is 2.83. The summed E-state index contributed by atoms with van der Waals surface area (Å²) in [6.07, 6.45) is 0. The Kier molecular flexibility index (Phi) is 7.39. The van der Waals surface area contributed by atoms with Gasteiger partial charge in [0.1, 0.15) is 24.4 Å². The highest BCUT2D eigenvalue weighted by Gasteiger charge is 2.22. The maximum atomic E-state index is 12.6. The number of fused-ring (bicyclic) bond motifs is 1. The summed E-state index contributed by atoms with van der Waals surface area (Å²) in [6, 6.07) is 20.7.